The van der Waals surface area contributed by atoms with Crippen molar-refractivity contribution in [2.24, 2.45) is 0 Å². The lowest BCUT2D eigenvalue weighted by Gasteiger charge is -2.11. The molecule has 0 N–H and O–H groups in total. The fourth-order valence-electron chi connectivity index (χ4n) is 1.09. The van der Waals surface area contributed by atoms with E-state index in [1.165, 1.54) is 14.2 Å². The van der Waals surface area contributed by atoms with Crippen LogP contribution in [-0.4, -0.2) is 25.2 Å². The number of rotatable bonds is 3. The molecule has 16 heavy (non-hydrogen) atoms. The van der Waals surface area contributed by atoms with Crippen LogP contribution in [0, 0.1) is 3.57 Å². The molecule has 1 aromatic heterocycles. The summed E-state index contributed by atoms with van der Waals surface area (Å²) in [5.74, 6) is -0.741. The summed E-state index contributed by atoms with van der Waals surface area (Å²) in [7, 11) is 2.44. The number of esters is 1. The lowest BCUT2D eigenvalue weighted by atomic mass is 10.2. The van der Waals surface area contributed by atoms with E-state index in [-0.39, 0.29) is 14.9 Å². The van der Waals surface area contributed by atoms with Crippen molar-refractivity contribution in [2.75, 3.05) is 14.2 Å². The van der Waals surface area contributed by atoms with Crippen LogP contribution >= 0.6 is 22.6 Å². The van der Waals surface area contributed by atoms with Gasteiger partial charge in [-0.25, -0.2) is 13.6 Å². The zero-order chi connectivity index (χ0) is 12.3. The SMILES string of the molecule is COC(=O)c1cnc(C(F)F)c(OC)c1I. The highest BCUT2D eigenvalue weighted by Gasteiger charge is 2.23. The molecule has 0 fully saturated rings. The Kier molecular flexibility index (Phi) is 4.39. The number of methoxy groups -OCH3 is 2. The normalized spacial score (nSPS) is 10.4. The molecular formula is C9H8F2INO3. The monoisotopic (exact) mass is 343 g/mol. The largest absolute Gasteiger partial charge is 0.493 e. The number of pyridine rings is 1. The quantitative estimate of drug-likeness (QED) is 0.625. The molecule has 1 heterocycles. The van der Waals surface area contributed by atoms with E-state index in [9.17, 15) is 13.6 Å². The standard InChI is InChI=1S/C9H8F2INO3/c1-15-7-5(12)4(9(14)16-2)3-13-6(7)8(10)11/h3,8H,1-2H3. The molecule has 0 bridgehead atoms. The van der Waals surface area contributed by atoms with E-state index < -0.39 is 18.1 Å². The van der Waals surface area contributed by atoms with Crippen LogP contribution in [0.1, 0.15) is 22.5 Å². The predicted octanol–water partition coefficient (Wildman–Crippen LogP) is 2.42. The first-order chi connectivity index (χ1) is 7.52. The van der Waals surface area contributed by atoms with Crippen molar-refractivity contribution in [3.8, 4) is 5.75 Å². The van der Waals surface area contributed by atoms with E-state index in [2.05, 4.69) is 9.72 Å². The van der Waals surface area contributed by atoms with Gasteiger partial charge in [-0.2, -0.15) is 0 Å². The van der Waals surface area contributed by atoms with Gasteiger partial charge in [0, 0.05) is 6.20 Å². The van der Waals surface area contributed by atoms with Crippen LogP contribution in [0.25, 0.3) is 0 Å². The minimum Gasteiger partial charge on any atom is -0.493 e. The summed E-state index contributed by atoms with van der Waals surface area (Å²) < 4.78 is 34.7. The predicted molar refractivity (Wildman–Crippen MR) is 59.8 cm³/mol. The molecule has 1 aromatic rings. The summed E-state index contributed by atoms with van der Waals surface area (Å²) in [6.45, 7) is 0. The lowest BCUT2D eigenvalue weighted by molar-refractivity contribution is 0.0597. The second kappa shape index (κ2) is 5.37. The summed E-state index contributed by atoms with van der Waals surface area (Å²) >= 11 is 1.74. The van der Waals surface area contributed by atoms with Crippen molar-refractivity contribution in [1.82, 2.24) is 4.98 Å². The summed E-state index contributed by atoms with van der Waals surface area (Å²) in [6.07, 6.45) is -1.70. The van der Waals surface area contributed by atoms with Gasteiger partial charge >= 0.3 is 5.97 Å². The molecule has 0 aromatic carbocycles. The first-order valence-corrected chi connectivity index (χ1v) is 5.19. The second-order valence-electron chi connectivity index (χ2n) is 2.70. The van der Waals surface area contributed by atoms with E-state index >= 15 is 0 Å². The van der Waals surface area contributed by atoms with Crippen LogP contribution in [0.4, 0.5) is 8.78 Å². The molecule has 0 spiro atoms. The molecule has 0 aliphatic rings. The maximum atomic E-state index is 12.5. The van der Waals surface area contributed by atoms with Crippen LogP contribution in [0.2, 0.25) is 0 Å². The van der Waals surface area contributed by atoms with E-state index in [0.717, 1.165) is 6.20 Å². The average Bonchev–Trinajstić information content (AvgIpc) is 2.27. The van der Waals surface area contributed by atoms with Gasteiger partial charge in [0.25, 0.3) is 6.43 Å². The molecule has 0 unspecified atom stereocenters. The molecule has 88 valence electrons. The summed E-state index contributed by atoms with van der Waals surface area (Å²) in [5, 5.41) is 0. The fourth-order valence-corrected chi connectivity index (χ4v) is 1.94. The average molecular weight is 343 g/mol. The van der Waals surface area contributed by atoms with Gasteiger partial charge in [0.05, 0.1) is 23.4 Å². The zero-order valence-corrected chi connectivity index (χ0v) is 10.6. The van der Waals surface area contributed by atoms with E-state index in [0.29, 0.717) is 0 Å². The number of alkyl halides is 2. The van der Waals surface area contributed by atoms with E-state index in [4.69, 9.17) is 4.74 Å². The van der Waals surface area contributed by atoms with Crippen molar-refractivity contribution in [3.63, 3.8) is 0 Å². The van der Waals surface area contributed by atoms with E-state index in [1.807, 2.05) is 0 Å². The summed E-state index contributed by atoms with van der Waals surface area (Å²) in [4.78, 5) is 14.8. The highest BCUT2D eigenvalue weighted by Crippen LogP contribution is 2.33. The van der Waals surface area contributed by atoms with Gasteiger partial charge < -0.3 is 9.47 Å². The van der Waals surface area contributed by atoms with Gasteiger partial charge in [0.15, 0.2) is 5.75 Å². The molecule has 7 heteroatoms. The van der Waals surface area contributed by atoms with Crippen molar-refractivity contribution in [3.05, 3.63) is 21.0 Å². The van der Waals surface area contributed by atoms with Gasteiger partial charge in [-0.3, -0.25) is 4.98 Å². The minimum atomic E-state index is -2.75. The van der Waals surface area contributed by atoms with Crippen molar-refractivity contribution >= 4 is 28.6 Å². The number of carbonyl (C=O) groups is 1. The van der Waals surface area contributed by atoms with Crippen LogP contribution in [-0.2, 0) is 4.74 Å². The molecule has 0 aliphatic heterocycles. The number of carbonyl (C=O) groups excluding carboxylic acids is 1. The molecule has 0 atom stereocenters. The third kappa shape index (κ3) is 2.39. The van der Waals surface area contributed by atoms with Crippen LogP contribution in [0.3, 0.4) is 0 Å². The third-order valence-corrected chi connectivity index (χ3v) is 2.89. The molecule has 0 saturated heterocycles. The van der Waals surface area contributed by atoms with Crippen LogP contribution in [0.5, 0.6) is 5.75 Å². The van der Waals surface area contributed by atoms with Gasteiger partial charge in [0.1, 0.15) is 5.69 Å². The van der Waals surface area contributed by atoms with Gasteiger partial charge in [-0.05, 0) is 22.6 Å². The molecule has 0 saturated carbocycles. The highest BCUT2D eigenvalue weighted by molar-refractivity contribution is 14.1. The maximum absolute atomic E-state index is 12.5. The number of hydrogen-bond donors (Lipinski definition) is 0. The van der Waals surface area contributed by atoms with Crippen LogP contribution < -0.4 is 4.74 Å². The molecule has 4 nitrogen and oxygen atoms in total. The van der Waals surface area contributed by atoms with E-state index in [1.54, 1.807) is 22.6 Å². The Morgan fingerprint density at radius 1 is 1.50 bits per heavy atom. The molecule has 0 aliphatic carbocycles. The third-order valence-electron chi connectivity index (χ3n) is 1.82. The topological polar surface area (TPSA) is 48.4 Å². The zero-order valence-electron chi connectivity index (χ0n) is 8.46. The Balaban J connectivity index is 3.34. The first kappa shape index (κ1) is 13.1. The summed E-state index contributed by atoms with van der Waals surface area (Å²) in [5.41, 5.74) is -0.385. The Morgan fingerprint density at radius 2 is 2.12 bits per heavy atom. The van der Waals surface area contributed by atoms with Gasteiger partial charge in [-0.1, -0.05) is 0 Å². The Bertz CT molecular complexity index is 412. The van der Waals surface area contributed by atoms with Gasteiger partial charge in [0.2, 0.25) is 0 Å². The fraction of sp³-hybridized carbons (Fsp3) is 0.333. The number of nitrogens with zero attached hydrogens (tertiary/aromatic N) is 1. The van der Waals surface area contributed by atoms with Gasteiger partial charge in [-0.15, -0.1) is 0 Å². The molecule has 1 rings (SSSR count). The minimum absolute atomic E-state index is 0.0986. The van der Waals surface area contributed by atoms with Crippen molar-refractivity contribution < 1.29 is 23.0 Å². The van der Waals surface area contributed by atoms with Crippen molar-refractivity contribution in [1.29, 1.82) is 0 Å². The smallest absolute Gasteiger partial charge is 0.340 e. The molecule has 0 amide bonds. The number of aromatic nitrogens is 1. The Hall–Kier alpha value is -0.990. The molecular weight excluding hydrogens is 335 g/mol. The second-order valence-corrected chi connectivity index (χ2v) is 3.78. The molecule has 0 radical (unpaired) electrons. The maximum Gasteiger partial charge on any atom is 0.340 e. The lowest BCUT2D eigenvalue weighted by Crippen LogP contribution is -2.08. The summed E-state index contributed by atoms with van der Waals surface area (Å²) in [6, 6.07) is 0. The number of halogens is 3. The first-order valence-electron chi connectivity index (χ1n) is 4.11. The highest BCUT2D eigenvalue weighted by atomic mass is 127. The Labute approximate surface area is 104 Å². The number of ether oxygens (including phenoxy) is 2. The van der Waals surface area contributed by atoms with Crippen molar-refractivity contribution in [2.45, 2.75) is 6.43 Å². The van der Waals surface area contributed by atoms with Crippen LogP contribution in [0.15, 0.2) is 6.20 Å². The Morgan fingerprint density at radius 3 is 2.56 bits per heavy atom. The number of hydrogen-bond acceptors (Lipinski definition) is 4.